The molecule has 0 aliphatic carbocycles. The molecule has 106 valence electrons. The van der Waals surface area contributed by atoms with Crippen molar-refractivity contribution in [3.8, 4) is 0 Å². The van der Waals surface area contributed by atoms with Gasteiger partial charge < -0.3 is 10.6 Å². The molecule has 7 heteroatoms. The number of hydrogen-bond donors (Lipinski definition) is 1. The topological polar surface area (TPSA) is 64.2 Å². The SMILES string of the molecule is CN(Cc1ccc(F)c(F)c1)C(=O)Cn1ccc(N)n1. The molecule has 1 heterocycles. The van der Waals surface area contributed by atoms with Gasteiger partial charge in [-0.15, -0.1) is 0 Å². The third-order valence-electron chi connectivity index (χ3n) is 2.79. The summed E-state index contributed by atoms with van der Waals surface area (Å²) < 4.78 is 27.3. The quantitative estimate of drug-likeness (QED) is 0.920. The highest BCUT2D eigenvalue weighted by Gasteiger charge is 2.12. The lowest BCUT2D eigenvalue weighted by molar-refractivity contribution is -0.131. The van der Waals surface area contributed by atoms with E-state index in [1.165, 1.54) is 15.6 Å². The molecule has 0 fully saturated rings. The van der Waals surface area contributed by atoms with Crippen molar-refractivity contribution in [2.75, 3.05) is 12.8 Å². The lowest BCUT2D eigenvalue weighted by Crippen LogP contribution is -2.30. The number of aromatic nitrogens is 2. The van der Waals surface area contributed by atoms with Gasteiger partial charge in [-0.3, -0.25) is 9.48 Å². The third kappa shape index (κ3) is 3.31. The van der Waals surface area contributed by atoms with Crippen molar-refractivity contribution >= 4 is 11.7 Å². The number of anilines is 1. The van der Waals surface area contributed by atoms with Gasteiger partial charge in [0, 0.05) is 19.8 Å². The van der Waals surface area contributed by atoms with Gasteiger partial charge >= 0.3 is 0 Å². The molecule has 1 amide bonds. The van der Waals surface area contributed by atoms with E-state index in [-0.39, 0.29) is 19.0 Å². The average molecular weight is 280 g/mol. The van der Waals surface area contributed by atoms with Gasteiger partial charge in [0.25, 0.3) is 0 Å². The van der Waals surface area contributed by atoms with Crippen LogP contribution in [-0.4, -0.2) is 27.6 Å². The summed E-state index contributed by atoms with van der Waals surface area (Å²) >= 11 is 0. The molecule has 2 N–H and O–H groups in total. The number of halogens is 2. The Morgan fingerprint density at radius 3 is 2.70 bits per heavy atom. The molecule has 0 unspecified atom stereocenters. The molecule has 0 aliphatic rings. The molecule has 0 aliphatic heterocycles. The van der Waals surface area contributed by atoms with Gasteiger partial charge in [-0.2, -0.15) is 5.10 Å². The number of nitrogens with two attached hydrogens (primary N) is 1. The van der Waals surface area contributed by atoms with Crippen molar-refractivity contribution < 1.29 is 13.6 Å². The smallest absolute Gasteiger partial charge is 0.244 e. The number of benzene rings is 1. The van der Waals surface area contributed by atoms with Gasteiger partial charge in [0.1, 0.15) is 12.4 Å². The number of nitrogens with zero attached hydrogens (tertiary/aromatic N) is 3. The van der Waals surface area contributed by atoms with E-state index in [1.54, 1.807) is 19.3 Å². The van der Waals surface area contributed by atoms with Crippen LogP contribution in [0.25, 0.3) is 0 Å². The van der Waals surface area contributed by atoms with E-state index in [9.17, 15) is 13.6 Å². The van der Waals surface area contributed by atoms with Crippen molar-refractivity contribution in [3.63, 3.8) is 0 Å². The van der Waals surface area contributed by atoms with Crippen LogP contribution in [0.4, 0.5) is 14.6 Å². The van der Waals surface area contributed by atoms with E-state index in [0.29, 0.717) is 11.4 Å². The standard InChI is InChI=1S/C13H14F2N4O/c1-18(7-9-2-3-10(14)11(15)6-9)13(20)8-19-5-4-12(16)17-19/h2-6H,7-8H2,1H3,(H2,16,17). The van der Waals surface area contributed by atoms with E-state index in [4.69, 9.17) is 5.73 Å². The van der Waals surface area contributed by atoms with E-state index >= 15 is 0 Å². The van der Waals surface area contributed by atoms with Crippen LogP contribution in [0.2, 0.25) is 0 Å². The van der Waals surface area contributed by atoms with Crippen molar-refractivity contribution in [1.82, 2.24) is 14.7 Å². The lowest BCUT2D eigenvalue weighted by Gasteiger charge is -2.17. The summed E-state index contributed by atoms with van der Waals surface area (Å²) in [7, 11) is 1.58. The monoisotopic (exact) mass is 280 g/mol. The van der Waals surface area contributed by atoms with Crippen LogP contribution in [0.15, 0.2) is 30.5 Å². The Hall–Kier alpha value is -2.44. The zero-order valence-corrected chi connectivity index (χ0v) is 10.9. The maximum Gasteiger partial charge on any atom is 0.244 e. The Kier molecular flexibility index (Phi) is 3.97. The molecule has 0 spiro atoms. The van der Waals surface area contributed by atoms with E-state index in [0.717, 1.165) is 12.1 Å². The fourth-order valence-corrected chi connectivity index (χ4v) is 1.72. The molecule has 0 saturated carbocycles. The molecular formula is C13H14F2N4O. The molecule has 0 saturated heterocycles. The molecule has 2 aromatic rings. The highest BCUT2D eigenvalue weighted by molar-refractivity contribution is 5.75. The highest BCUT2D eigenvalue weighted by atomic mass is 19.2. The predicted octanol–water partition coefficient (Wildman–Crippen LogP) is 1.40. The summed E-state index contributed by atoms with van der Waals surface area (Å²) in [6, 6.07) is 5.14. The summed E-state index contributed by atoms with van der Waals surface area (Å²) in [5.41, 5.74) is 5.96. The van der Waals surface area contributed by atoms with Crippen molar-refractivity contribution in [2.24, 2.45) is 0 Å². The summed E-state index contributed by atoms with van der Waals surface area (Å²) in [6.45, 7) is 0.226. The fraction of sp³-hybridized carbons (Fsp3) is 0.231. The van der Waals surface area contributed by atoms with Gasteiger partial charge in [-0.05, 0) is 23.8 Å². The van der Waals surface area contributed by atoms with Crippen LogP contribution >= 0.6 is 0 Å². The minimum Gasteiger partial charge on any atom is -0.382 e. The molecule has 0 atom stereocenters. The van der Waals surface area contributed by atoms with E-state index < -0.39 is 11.6 Å². The molecule has 1 aromatic carbocycles. The van der Waals surface area contributed by atoms with Gasteiger partial charge in [0.2, 0.25) is 5.91 Å². The molecule has 5 nitrogen and oxygen atoms in total. The van der Waals surface area contributed by atoms with Crippen LogP contribution in [0, 0.1) is 11.6 Å². The first-order chi connectivity index (χ1) is 9.45. The van der Waals surface area contributed by atoms with Gasteiger partial charge in [0.05, 0.1) is 0 Å². The lowest BCUT2D eigenvalue weighted by atomic mass is 10.2. The molecule has 2 rings (SSSR count). The summed E-state index contributed by atoms with van der Waals surface area (Å²) in [5, 5.41) is 3.90. The summed E-state index contributed by atoms with van der Waals surface area (Å²) in [5.74, 6) is -1.71. The molecule has 0 bridgehead atoms. The average Bonchev–Trinajstić information content (AvgIpc) is 2.79. The van der Waals surface area contributed by atoms with E-state index in [2.05, 4.69) is 5.10 Å². The molecule has 0 radical (unpaired) electrons. The van der Waals surface area contributed by atoms with Crippen LogP contribution in [0.3, 0.4) is 0 Å². The second-order valence-electron chi connectivity index (χ2n) is 4.44. The maximum absolute atomic E-state index is 13.1. The largest absolute Gasteiger partial charge is 0.382 e. The fourth-order valence-electron chi connectivity index (χ4n) is 1.72. The van der Waals surface area contributed by atoms with Gasteiger partial charge in [-0.25, -0.2) is 8.78 Å². The third-order valence-corrected chi connectivity index (χ3v) is 2.79. The number of hydrogen-bond acceptors (Lipinski definition) is 3. The Morgan fingerprint density at radius 1 is 1.35 bits per heavy atom. The van der Waals surface area contributed by atoms with Crippen molar-refractivity contribution in [2.45, 2.75) is 13.1 Å². The first-order valence-corrected chi connectivity index (χ1v) is 5.92. The van der Waals surface area contributed by atoms with Gasteiger partial charge in [0.15, 0.2) is 11.6 Å². The predicted molar refractivity (Wildman–Crippen MR) is 69.5 cm³/mol. The van der Waals surface area contributed by atoms with Crippen LogP contribution in [0.5, 0.6) is 0 Å². The zero-order valence-electron chi connectivity index (χ0n) is 10.9. The summed E-state index contributed by atoms with van der Waals surface area (Å²) in [4.78, 5) is 13.3. The number of amides is 1. The minimum atomic E-state index is -0.928. The van der Waals surface area contributed by atoms with Crippen LogP contribution in [-0.2, 0) is 17.9 Å². The molecule has 20 heavy (non-hydrogen) atoms. The Balaban J connectivity index is 1.98. The normalized spacial score (nSPS) is 10.6. The maximum atomic E-state index is 13.1. The summed E-state index contributed by atoms with van der Waals surface area (Å²) in [6.07, 6.45) is 1.60. The number of likely N-dealkylation sites (N-methyl/N-ethyl adjacent to an activating group) is 1. The second kappa shape index (κ2) is 5.68. The van der Waals surface area contributed by atoms with Crippen LogP contribution < -0.4 is 5.73 Å². The number of carbonyl (C=O) groups excluding carboxylic acids is 1. The second-order valence-corrected chi connectivity index (χ2v) is 4.44. The van der Waals surface area contributed by atoms with E-state index in [1.807, 2.05) is 0 Å². The van der Waals surface area contributed by atoms with Crippen LogP contribution in [0.1, 0.15) is 5.56 Å². The Labute approximate surface area is 114 Å². The van der Waals surface area contributed by atoms with Crippen molar-refractivity contribution in [1.29, 1.82) is 0 Å². The first kappa shape index (κ1) is 14.0. The Bertz CT molecular complexity index is 627. The Morgan fingerprint density at radius 2 is 2.10 bits per heavy atom. The number of carbonyl (C=O) groups is 1. The highest BCUT2D eigenvalue weighted by Crippen LogP contribution is 2.10. The minimum absolute atomic E-state index is 0.0391. The first-order valence-electron chi connectivity index (χ1n) is 5.92. The number of rotatable bonds is 4. The van der Waals surface area contributed by atoms with Crippen molar-refractivity contribution in [3.05, 3.63) is 47.7 Å². The number of nitrogen functional groups attached to an aromatic ring is 1. The zero-order chi connectivity index (χ0) is 14.7. The molecule has 1 aromatic heterocycles. The molecular weight excluding hydrogens is 266 g/mol. The van der Waals surface area contributed by atoms with Gasteiger partial charge in [-0.1, -0.05) is 6.07 Å².